The van der Waals surface area contributed by atoms with Gasteiger partial charge in [-0.2, -0.15) is 0 Å². The predicted molar refractivity (Wildman–Crippen MR) is 105 cm³/mol. The smallest absolute Gasteiger partial charge is 0.338 e. The second-order valence-electron chi connectivity index (χ2n) is 6.50. The zero-order chi connectivity index (χ0) is 19.5. The maximum atomic E-state index is 12.4. The van der Waals surface area contributed by atoms with E-state index in [4.69, 9.17) is 4.74 Å². The summed E-state index contributed by atoms with van der Waals surface area (Å²) in [5.41, 5.74) is 4.11. The van der Waals surface area contributed by atoms with Gasteiger partial charge in [0, 0.05) is 23.5 Å². The third-order valence-electron chi connectivity index (χ3n) is 4.50. The molecule has 0 amide bonds. The maximum absolute atomic E-state index is 12.4. The topological polar surface area (TPSA) is 60.7 Å². The summed E-state index contributed by atoms with van der Waals surface area (Å²) < 4.78 is 7.27. The van der Waals surface area contributed by atoms with E-state index in [-0.39, 0.29) is 12.4 Å². The van der Waals surface area contributed by atoms with Crippen molar-refractivity contribution in [1.29, 1.82) is 0 Å². The number of nitrogens with zero attached hydrogens (tertiary/aromatic N) is 2. The van der Waals surface area contributed by atoms with Crippen LogP contribution in [0.25, 0.3) is 5.65 Å². The van der Waals surface area contributed by atoms with E-state index in [1.54, 1.807) is 36.4 Å². The van der Waals surface area contributed by atoms with E-state index in [9.17, 15) is 9.59 Å². The molecule has 2 heterocycles. The minimum absolute atomic E-state index is 0.0828. The van der Waals surface area contributed by atoms with Crippen molar-refractivity contribution in [1.82, 2.24) is 9.38 Å². The Bertz CT molecular complexity index is 1150. The van der Waals surface area contributed by atoms with Crippen LogP contribution >= 0.6 is 0 Å². The van der Waals surface area contributed by atoms with Crippen molar-refractivity contribution in [3.63, 3.8) is 0 Å². The summed E-state index contributed by atoms with van der Waals surface area (Å²) in [6.45, 7) is 2.07. The van der Waals surface area contributed by atoms with Gasteiger partial charge in [-0.1, -0.05) is 48.5 Å². The zero-order valence-electron chi connectivity index (χ0n) is 15.3. The monoisotopic (exact) mass is 370 g/mol. The third-order valence-corrected chi connectivity index (χ3v) is 4.50. The fraction of sp³-hybridized carbons (Fsp3) is 0.0870. The Morgan fingerprint density at radius 3 is 2.29 bits per heavy atom. The molecule has 0 saturated heterocycles. The maximum Gasteiger partial charge on any atom is 0.338 e. The van der Waals surface area contributed by atoms with Gasteiger partial charge in [0.2, 0.25) is 0 Å². The van der Waals surface area contributed by atoms with Crippen LogP contribution in [0.1, 0.15) is 37.5 Å². The Balaban J connectivity index is 1.43. The lowest BCUT2D eigenvalue weighted by Gasteiger charge is -2.05. The third kappa shape index (κ3) is 3.55. The number of ether oxygens (including phenoxy) is 1. The summed E-state index contributed by atoms with van der Waals surface area (Å²) in [7, 11) is 0. The largest absolute Gasteiger partial charge is 0.456 e. The zero-order valence-corrected chi connectivity index (χ0v) is 15.3. The Labute approximate surface area is 162 Å². The number of fused-ring (bicyclic) bond motifs is 1. The summed E-state index contributed by atoms with van der Waals surface area (Å²) in [6.07, 6.45) is 3.75. The Morgan fingerprint density at radius 1 is 0.893 bits per heavy atom. The van der Waals surface area contributed by atoms with E-state index in [0.717, 1.165) is 11.2 Å². The van der Waals surface area contributed by atoms with Gasteiger partial charge in [-0.25, -0.2) is 9.78 Å². The number of imidazole rings is 1. The first-order valence-corrected chi connectivity index (χ1v) is 8.92. The second kappa shape index (κ2) is 7.48. The summed E-state index contributed by atoms with van der Waals surface area (Å²) in [6, 6.07) is 19.4. The van der Waals surface area contributed by atoms with Gasteiger partial charge >= 0.3 is 5.97 Å². The normalized spacial score (nSPS) is 10.8. The van der Waals surface area contributed by atoms with Gasteiger partial charge in [0.15, 0.2) is 5.78 Å². The molecule has 0 aliphatic heterocycles. The molecule has 0 unspecified atom stereocenters. The van der Waals surface area contributed by atoms with Crippen molar-refractivity contribution in [3.05, 3.63) is 107 Å². The minimum atomic E-state index is -0.451. The minimum Gasteiger partial charge on any atom is -0.456 e. The van der Waals surface area contributed by atoms with E-state index in [1.165, 1.54) is 0 Å². The van der Waals surface area contributed by atoms with Crippen LogP contribution in [0.3, 0.4) is 0 Å². The second-order valence-corrected chi connectivity index (χ2v) is 6.50. The van der Waals surface area contributed by atoms with Crippen molar-refractivity contribution in [3.8, 4) is 0 Å². The molecule has 0 saturated carbocycles. The molecule has 2 aromatic heterocycles. The molecule has 5 nitrogen and oxygen atoms in total. The summed E-state index contributed by atoms with van der Waals surface area (Å²) in [5, 5.41) is 0. The number of aryl methyl sites for hydroxylation is 1. The lowest BCUT2D eigenvalue weighted by atomic mass is 10.0. The number of pyridine rings is 1. The number of hydrogen-bond donors (Lipinski definition) is 0. The number of carbonyl (C=O) groups excluding carboxylic acids is 2. The highest BCUT2D eigenvalue weighted by Crippen LogP contribution is 2.14. The summed E-state index contributed by atoms with van der Waals surface area (Å²) >= 11 is 0. The van der Waals surface area contributed by atoms with E-state index >= 15 is 0 Å². The molecule has 28 heavy (non-hydrogen) atoms. The number of esters is 1. The first-order valence-electron chi connectivity index (χ1n) is 8.92. The van der Waals surface area contributed by atoms with Gasteiger partial charge < -0.3 is 9.14 Å². The molecule has 0 bridgehead atoms. The van der Waals surface area contributed by atoms with Crippen molar-refractivity contribution in [2.24, 2.45) is 0 Å². The van der Waals surface area contributed by atoms with Crippen LogP contribution in [-0.2, 0) is 11.3 Å². The van der Waals surface area contributed by atoms with E-state index in [1.807, 2.05) is 54.0 Å². The van der Waals surface area contributed by atoms with Gasteiger partial charge in [0.1, 0.15) is 12.3 Å². The standard InChI is InChI=1S/C23H18N2O3/c1-16-6-5-13-25-14-20(24-22(16)25)15-28-23(27)19-11-9-18(10-12-19)21(26)17-7-3-2-4-8-17/h2-14H,15H2,1H3. The summed E-state index contributed by atoms with van der Waals surface area (Å²) in [4.78, 5) is 29.2. The first kappa shape index (κ1) is 17.7. The lowest BCUT2D eigenvalue weighted by Crippen LogP contribution is -2.07. The van der Waals surface area contributed by atoms with Crippen LogP contribution in [0.4, 0.5) is 0 Å². The molecule has 0 aliphatic rings. The van der Waals surface area contributed by atoms with Crippen molar-refractivity contribution in [2.45, 2.75) is 13.5 Å². The average molecular weight is 370 g/mol. The van der Waals surface area contributed by atoms with E-state index < -0.39 is 5.97 Å². The molecule has 0 spiro atoms. The molecule has 4 rings (SSSR count). The molecule has 0 aliphatic carbocycles. The predicted octanol–water partition coefficient (Wildman–Crippen LogP) is 4.23. The van der Waals surface area contributed by atoms with Crippen LogP contribution in [0, 0.1) is 6.92 Å². The van der Waals surface area contributed by atoms with Crippen molar-refractivity contribution >= 4 is 17.4 Å². The number of benzene rings is 2. The molecule has 138 valence electrons. The fourth-order valence-electron chi connectivity index (χ4n) is 3.01. The number of rotatable bonds is 5. The molecule has 2 aromatic carbocycles. The lowest BCUT2D eigenvalue weighted by molar-refractivity contribution is 0.0468. The Kier molecular flexibility index (Phi) is 4.72. The van der Waals surface area contributed by atoms with Gasteiger partial charge in [-0.3, -0.25) is 4.79 Å². The fourth-order valence-corrected chi connectivity index (χ4v) is 3.01. The van der Waals surface area contributed by atoms with Crippen molar-refractivity contribution in [2.75, 3.05) is 0 Å². The van der Waals surface area contributed by atoms with Gasteiger partial charge in [0.25, 0.3) is 0 Å². The quantitative estimate of drug-likeness (QED) is 0.390. The number of hydrogen-bond acceptors (Lipinski definition) is 4. The highest BCUT2D eigenvalue weighted by atomic mass is 16.5. The number of carbonyl (C=O) groups is 2. The molecule has 5 heteroatoms. The van der Waals surface area contributed by atoms with Gasteiger partial charge in [0.05, 0.1) is 11.3 Å². The molecule has 0 atom stereocenters. The molecule has 0 fully saturated rings. The number of aromatic nitrogens is 2. The van der Waals surface area contributed by atoms with Crippen molar-refractivity contribution < 1.29 is 14.3 Å². The SMILES string of the molecule is Cc1cccn2cc(COC(=O)c3ccc(C(=O)c4ccccc4)cc3)nc12. The van der Waals surface area contributed by atoms with E-state index in [2.05, 4.69) is 4.98 Å². The highest BCUT2D eigenvalue weighted by molar-refractivity contribution is 6.09. The molecular weight excluding hydrogens is 352 g/mol. The summed E-state index contributed by atoms with van der Waals surface area (Å²) in [5.74, 6) is -0.534. The average Bonchev–Trinajstić information content (AvgIpc) is 3.17. The van der Waals surface area contributed by atoms with Crippen LogP contribution in [-0.4, -0.2) is 21.1 Å². The van der Waals surface area contributed by atoms with Gasteiger partial charge in [-0.05, 0) is 30.7 Å². The Morgan fingerprint density at radius 2 is 1.57 bits per heavy atom. The number of ketones is 1. The molecule has 0 N–H and O–H groups in total. The highest BCUT2D eigenvalue weighted by Gasteiger charge is 2.12. The first-order chi connectivity index (χ1) is 13.6. The van der Waals surface area contributed by atoms with Crippen LogP contribution in [0.5, 0.6) is 0 Å². The van der Waals surface area contributed by atoms with Crippen LogP contribution in [0.2, 0.25) is 0 Å². The van der Waals surface area contributed by atoms with E-state index in [0.29, 0.717) is 22.4 Å². The van der Waals surface area contributed by atoms with Crippen LogP contribution < -0.4 is 0 Å². The molecule has 0 radical (unpaired) electrons. The van der Waals surface area contributed by atoms with Gasteiger partial charge in [-0.15, -0.1) is 0 Å². The molecular formula is C23H18N2O3. The molecule has 4 aromatic rings. The Hall–Kier alpha value is -3.73. The van der Waals surface area contributed by atoms with Crippen LogP contribution in [0.15, 0.2) is 79.1 Å².